The van der Waals surface area contributed by atoms with Crippen LogP contribution in [-0.4, -0.2) is 22.2 Å². The topological polar surface area (TPSA) is 50.2 Å². The largest absolute Gasteiger partial charge is 0.481 e. The molecular formula is C7H6F3NO2S. The first-order valence-corrected chi connectivity index (χ1v) is 4.52. The molecule has 0 aliphatic heterocycles. The van der Waals surface area contributed by atoms with Crippen LogP contribution in [0.4, 0.5) is 13.2 Å². The molecular weight excluding hydrogens is 219 g/mol. The van der Waals surface area contributed by atoms with Gasteiger partial charge in [-0.2, -0.15) is 13.2 Å². The van der Waals surface area contributed by atoms with Gasteiger partial charge in [-0.25, -0.2) is 4.98 Å². The second-order valence-electron chi connectivity index (χ2n) is 2.61. The van der Waals surface area contributed by atoms with Crippen molar-refractivity contribution >= 4 is 17.3 Å². The molecule has 1 aromatic heterocycles. The van der Waals surface area contributed by atoms with E-state index < -0.39 is 24.5 Å². The number of halogens is 3. The maximum Gasteiger partial charge on any atom is 0.397 e. The Kier molecular flexibility index (Phi) is 3.10. The molecule has 1 rings (SSSR count). The number of thiazole rings is 1. The van der Waals surface area contributed by atoms with Crippen LogP contribution in [0.1, 0.15) is 18.0 Å². The molecule has 1 unspecified atom stereocenters. The summed E-state index contributed by atoms with van der Waals surface area (Å²) in [5.41, 5.74) is 1.01. The number of hydrogen-bond donors (Lipinski definition) is 1. The zero-order valence-electron chi connectivity index (χ0n) is 6.78. The summed E-state index contributed by atoms with van der Waals surface area (Å²) in [5.74, 6) is -3.49. The summed E-state index contributed by atoms with van der Waals surface area (Å²) in [6.45, 7) is 0. The highest BCUT2D eigenvalue weighted by molar-refractivity contribution is 7.07. The minimum Gasteiger partial charge on any atom is -0.481 e. The van der Waals surface area contributed by atoms with Crippen LogP contribution < -0.4 is 0 Å². The van der Waals surface area contributed by atoms with Crippen LogP contribution in [0.2, 0.25) is 0 Å². The van der Waals surface area contributed by atoms with Gasteiger partial charge in [0.2, 0.25) is 0 Å². The Morgan fingerprint density at radius 1 is 1.64 bits per heavy atom. The number of hydrogen-bond acceptors (Lipinski definition) is 3. The Balaban J connectivity index is 2.89. The number of aromatic nitrogens is 1. The van der Waals surface area contributed by atoms with Crippen LogP contribution >= 0.6 is 11.3 Å². The average molecular weight is 225 g/mol. The molecule has 0 radical (unpaired) electrons. The lowest BCUT2D eigenvalue weighted by molar-refractivity contribution is -0.163. The molecule has 0 aliphatic carbocycles. The first-order chi connectivity index (χ1) is 6.41. The second kappa shape index (κ2) is 3.95. The van der Waals surface area contributed by atoms with Crippen LogP contribution in [0.3, 0.4) is 0 Å². The molecule has 0 aromatic carbocycles. The summed E-state index contributed by atoms with van der Waals surface area (Å²) >= 11 is 1.01. The molecule has 78 valence electrons. The van der Waals surface area contributed by atoms with Crippen LogP contribution in [-0.2, 0) is 4.79 Å². The maximum atomic E-state index is 12.3. The van der Waals surface area contributed by atoms with Gasteiger partial charge in [-0.15, -0.1) is 11.3 Å². The molecule has 3 nitrogen and oxygen atoms in total. The molecule has 0 amide bonds. The van der Waals surface area contributed by atoms with E-state index in [9.17, 15) is 18.0 Å². The maximum absolute atomic E-state index is 12.3. The standard InChI is InChI=1S/C7H6F3NO2S/c8-7(9,10)4(1-6(12)13)5-2-14-3-11-5/h2-4H,1H2,(H,12,13). The monoisotopic (exact) mass is 225 g/mol. The van der Waals surface area contributed by atoms with Crippen molar-refractivity contribution in [3.8, 4) is 0 Å². The third-order valence-electron chi connectivity index (χ3n) is 1.58. The van der Waals surface area contributed by atoms with E-state index in [0.29, 0.717) is 0 Å². The minimum absolute atomic E-state index is 0.232. The summed E-state index contributed by atoms with van der Waals surface area (Å²) in [6, 6.07) is 0. The predicted octanol–water partition coefficient (Wildman–Crippen LogP) is 2.26. The van der Waals surface area contributed by atoms with E-state index in [1.165, 1.54) is 10.9 Å². The van der Waals surface area contributed by atoms with Crippen LogP contribution in [0, 0.1) is 0 Å². The Morgan fingerprint density at radius 2 is 2.29 bits per heavy atom. The van der Waals surface area contributed by atoms with Crippen molar-refractivity contribution in [1.29, 1.82) is 0 Å². The number of carboxylic acid groups (broad SMARTS) is 1. The highest BCUT2D eigenvalue weighted by Crippen LogP contribution is 2.36. The molecule has 1 N–H and O–H groups in total. The number of alkyl halides is 3. The van der Waals surface area contributed by atoms with Crippen molar-refractivity contribution in [2.75, 3.05) is 0 Å². The van der Waals surface area contributed by atoms with Crippen LogP contribution in [0.25, 0.3) is 0 Å². The highest BCUT2D eigenvalue weighted by atomic mass is 32.1. The van der Waals surface area contributed by atoms with Crippen molar-refractivity contribution < 1.29 is 23.1 Å². The van der Waals surface area contributed by atoms with Crippen molar-refractivity contribution in [3.05, 3.63) is 16.6 Å². The quantitative estimate of drug-likeness (QED) is 0.858. The third kappa shape index (κ3) is 2.69. The first kappa shape index (κ1) is 11.0. The lowest BCUT2D eigenvalue weighted by Crippen LogP contribution is -2.23. The van der Waals surface area contributed by atoms with Gasteiger partial charge in [0.05, 0.1) is 17.6 Å². The van der Waals surface area contributed by atoms with E-state index >= 15 is 0 Å². The lowest BCUT2D eigenvalue weighted by atomic mass is 10.0. The van der Waals surface area contributed by atoms with Crippen LogP contribution in [0.5, 0.6) is 0 Å². The molecule has 14 heavy (non-hydrogen) atoms. The van der Waals surface area contributed by atoms with Gasteiger partial charge >= 0.3 is 12.1 Å². The third-order valence-corrected chi connectivity index (χ3v) is 2.19. The number of carbonyl (C=O) groups is 1. The SMILES string of the molecule is O=C(O)CC(c1cscn1)C(F)(F)F. The van der Waals surface area contributed by atoms with Gasteiger partial charge in [0.1, 0.15) is 5.92 Å². The fourth-order valence-electron chi connectivity index (χ4n) is 0.957. The molecule has 0 spiro atoms. The fraction of sp³-hybridized carbons (Fsp3) is 0.429. The summed E-state index contributed by atoms with van der Waals surface area (Å²) in [6.07, 6.45) is -5.54. The molecule has 1 heterocycles. The predicted molar refractivity (Wildman–Crippen MR) is 43.2 cm³/mol. The van der Waals surface area contributed by atoms with Gasteiger partial charge < -0.3 is 5.11 Å². The van der Waals surface area contributed by atoms with Crippen LogP contribution in [0.15, 0.2) is 10.9 Å². The van der Waals surface area contributed by atoms with E-state index in [2.05, 4.69) is 4.98 Å². The average Bonchev–Trinajstić information content (AvgIpc) is 2.49. The van der Waals surface area contributed by atoms with Crippen molar-refractivity contribution in [2.24, 2.45) is 0 Å². The smallest absolute Gasteiger partial charge is 0.397 e. The Bertz CT molecular complexity index is 309. The van der Waals surface area contributed by atoms with Gasteiger partial charge in [0.15, 0.2) is 0 Å². The highest BCUT2D eigenvalue weighted by Gasteiger charge is 2.43. The Hall–Kier alpha value is -1.11. The lowest BCUT2D eigenvalue weighted by Gasteiger charge is -2.15. The first-order valence-electron chi connectivity index (χ1n) is 3.58. The summed E-state index contributed by atoms with van der Waals surface area (Å²) in [7, 11) is 0. The molecule has 1 aromatic rings. The van der Waals surface area contributed by atoms with E-state index in [-0.39, 0.29) is 5.69 Å². The number of aliphatic carboxylic acids is 1. The number of rotatable bonds is 3. The molecule has 0 fully saturated rings. The van der Waals surface area contributed by atoms with E-state index in [1.54, 1.807) is 0 Å². The Labute approximate surface area is 81.2 Å². The van der Waals surface area contributed by atoms with Gasteiger partial charge in [-0.3, -0.25) is 4.79 Å². The van der Waals surface area contributed by atoms with E-state index in [1.807, 2.05) is 0 Å². The van der Waals surface area contributed by atoms with Gasteiger partial charge in [0, 0.05) is 5.38 Å². The van der Waals surface area contributed by atoms with Crippen molar-refractivity contribution in [3.63, 3.8) is 0 Å². The molecule has 0 saturated carbocycles. The summed E-state index contributed by atoms with van der Waals surface area (Å²) in [5, 5.41) is 9.53. The van der Waals surface area contributed by atoms with E-state index in [4.69, 9.17) is 5.11 Å². The normalized spacial score (nSPS) is 13.9. The van der Waals surface area contributed by atoms with Gasteiger partial charge in [-0.1, -0.05) is 0 Å². The fourth-order valence-corrected chi connectivity index (χ4v) is 1.56. The zero-order valence-corrected chi connectivity index (χ0v) is 7.60. The molecule has 7 heteroatoms. The zero-order chi connectivity index (χ0) is 10.8. The number of carboxylic acids is 1. The van der Waals surface area contributed by atoms with Crippen molar-refractivity contribution in [2.45, 2.75) is 18.5 Å². The molecule has 0 aliphatic rings. The van der Waals surface area contributed by atoms with Gasteiger partial charge in [0.25, 0.3) is 0 Å². The minimum atomic E-state index is -4.56. The number of nitrogens with zero attached hydrogens (tertiary/aromatic N) is 1. The van der Waals surface area contributed by atoms with Crippen molar-refractivity contribution in [1.82, 2.24) is 4.98 Å². The molecule has 1 atom stereocenters. The molecule has 0 bridgehead atoms. The Morgan fingerprint density at radius 3 is 2.64 bits per heavy atom. The molecule has 0 saturated heterocycles. The van der Waals surface area contributed by atoms with Gasteiger partial charge in [-0.05, 0) is 0 Å². The summed E-state index contributed by atoms with van der Waals surface area (Å²) in [4.78, 5) is 13.7. The van der Waals surface area contributed by atoms with E-state index in [0.717, 1.165) is 11.3 Å². The summed E-state index contributed by atoms with van der Waals surface area (Å²) < 4.78 is 37.0. The second-order valence-corrected chi connectivity index (χ2v) is 3.32.